The number of rotatable bonds is 3. The summed E-state index contributed by atoms with van der Waals surface area (Å²) in [6, 6.07) is 6.14. The van der Waals surface area contributed by atoms with E-state index < -0.39 is 0 Å². The molecule has 0 aliphatic heterocycles. The number of nitrogens with zero attached hydrogens (tertiary/aromatic N) is 4. The van der Waals surface area contributed by atoms with Crippen molar-refractivity contribution in [3.63, 3.8) is 0 Å². The highest BCUT2D eigenvalue weighted by atomic mass is 15.3. The fourth-order valence-corrected chi connectivity index (χ4v) is 1.93. The summed E-state index contributed by atoms with van der Waals surface area (Å²) in [4.78, 5) is 4.31. The van der Waals surface area contributed by atoms with Gasteiger partial charge in [0.15, 0.2) is 5.82 Å². The molecule has 2 aromatic rings. The average Bonchev–Trinajstić information content (AvgIpc) is 2.81. The molecule has 4 heteroatoms. The second-order valence-electron chi connectivity index (χ2n) is 4.18. The monoisotopic (exact) mass is 240 g/mol. The van der Waals surface area contributed by atoms with Crippen LogP contribution in [0, 0.1) is 18.3 Å². The van der Waals surface area contributed by atoms with E-state index in [9.17, 15) is 5.26 Å². The molecule has 0 fully saturated rings. The van der Waals surface area contributed by atoms with Crippen molar-refractivity contribution < 1.29 is 0 Å². The number of nitriles is 1. The van der Waals surface area contributed by atoms with Crippen LogP contribution in [0.5, 0.6) is 0 Å². The number of hydrogen-bond acceptors (Lipinski definition) is 3. The maximum atomic E-state index is 9.26. The zero-order chi connectivity index (χ0) is 13.1. The zero-order valence-electron chi connectivity index (χ0n) is 10.9. The Hall–Kier alpha value is -2.15. The molecule has 0 radical (unpaired) electrons. The van der Waals surface area contributed by atoms with Crippen molar-refractivity contribution >= 4 is 0 Å². The maximum absolute atomic E-state index is 9.26. The van der Waals surface area contributed by atoms with Gasteiger partial charge >= 0.3 is 0 Å². The van der Waals surface area contributed by atoms with Crippen LogP contribution < -0.4 is 0 Å². The normalized spacial score (nSPS) is 10.3. The molecule has 2 aromatic heterocycles. The Kier molecular flexibility index (Phi) is 3.42. The first-order valence-corrected chi connectivity index (χ1v) is 6.15. The lowest BCUT2D eigenvalue weighted by atomic mass is 10.1. The predicted molar refractivity (Wildman–Crippen MR) is 69.6 cm³/mol. The standard InChI is InChI=1S/C14H16N4/c1-4-11-8-12(5-2)18(17-11)14-13(9-15)10(3)6-7-16-14/h6-8H,4-5H2,1-3H3. The highest BCUT2D eigenvalue weighted by molar-refractivity contribution is 5.48. The van der Waals surface area contributed by atoms with Crippen LogP contribution in [-0.4, -0.2) is 14.8 Å². The van der Waals surface area contributed by atoms with Gasteiger partial charge < -0.3 is 0 Å². The van der Waals surface area contributed by atoms with Gasteiger partial charge in [-0.05, 0) is 37.5 Å². The summed E-state index contributed by atoms with van der Waals surface area (Å²) in [6.45, 7) is 6.06. The second-order valence-corrected chi connectivity index (χ2v) is 4.18. The minimum atomic E-state index is 0.595. The molecular weight excluding hydrogens is 224 g/mol. The van der Waals surface area contributed by atoms with Gasteiger partial charge in [0.2, 0.25) is 0 Å². The van der Waals surface area contributed by atoms with Crippen LogP contribution in [0.3, 0.4) is 0 Å². The lowest BCUT2D eigenvalue weighted by molar-refractivity contribution is 0.769. The Bertz CT molecular complexity index is 605. The van der Waals surface area contributed by atoms with Crippen LogP contribution in [0.1, 0.15) is 36.4 Å². The van der Waals surface area contributed by atoms with Gasteiger partial charge in [-0.2, -0.15) is 10.4 Å². The van der Waals surface area contributed by atoms with Gasteiger partial charge in [-0.3, -0.25) is 0 Å². The zero-order valence-corrected chi connectivity index (χ0v) is 10.9. The molecule has 2 rings (SSSR count). The molecule has 0 saturated carbocycles. The van der Waals surface area contributed by atoms with Crippen molar-refractivity contribution in [3.05, 3.63) is 40.8 Å². The topological polar surface area (TPSA) is 54.5 Å². The summed E-state index contributed by atoms with van der Waals surface area (Å²) >= 11 is 0. The molecule has 0 amide bonds. The third kappa shape index (κ3) is 2.00. The summed E-state index contributed by atoms with van der Waals surface area (Å²) in [5, 5.41) is 13.8. The van der Waals surface area contributed by atoms with E-state index >= 15 is 0 Å². The van der Waals surface area contributed by atoms with Crippen LogP contribution >= 0.6 is 0 Å². The molecule has 0 bridgehead atoms. The third-order valence-corrected chi connectivity index (χ3v) is 3.01. The predicted octanol–water partition coefficient (Wildman–Crippen LogP) is 2.57. The maximum Gasteiger partial charge on any atom is 0.171 e. The number of hydrogen-bond donors (Lipinski definition) is 0. The van der Waals surface area contributed by atoms with Crippen LogP contribution in [0.15, 0.2) is 18.3 Å². The first-order valence-electron chi connectivity index (χ1n) is 6.15. The average molecular weight is 240 g/mol. The smallest absolute Gasteiger partial charge is 0.171 e. The quantitative estimate of drug-likeness (QED) is 0.828. The first kappa shape index (κ1) is 12.3. The highest BCUT2D eigenvalue weighted by Crippen LogP contribution is 2.18. The number of aryl methyl sites for hydroxylation is 3. The Labute approximate surface area is 107 Å². The van der Waals surface area contributed by atoms with E-state index in [1.807, 2.05) is 13.0 Å². The summed E-state index contributed by atoms with van der Waals surface area (Å²) in [5.74, 6) is 0.633. The molecule has 0 spiro atoms. The van der Waals surface area contributed by atoms with E-state index in [0.29, 0.717) is 11.4 Å². The molecule has 0 unspecified atom stereocenters. The Morgan fingerprint density at radius 1 is 1.33 bits per heavy atom. The van der Waals surface area contributed by atoms with E-state index in [4.69, 9.17) is 0 Å². The fraction of sp³-hybridized carbons (Fsp3) is 0.357. The SMILES string of the molecule is CCc1cc(CC)n(-c2nccc(C)c2C#N)n1. The minimum Gasteiger partial charge on any atom is -0.236 e. The van der Waals surface area contributed by atoms with Gasteiger partial charge in [0.25, 0.3) is 0 Å². The van der Waals surface area contributed by atoms with E-state index in [2.05, 4.69) is 36.1 Å². The first-order chi connectivity index (χ1) is 8.71. The van der Waals surface area contributed by atoms with Crippen molar-refractivity contribution in [2.75, 3.05) is 0 Å². The molecule has 2 heterocycles. The number of pyridine rings is 1. The van der Waals surface area contributed by atoms with Crippen molar-refractivity contribution in [1.29, 1.82) is 5.26 Å². The molecule has 0 N–H and O–H groups in total. The van der Waals surface area contributed by atoms with Crippen molar-refractivity contribution in [1.82, 2.24) is 14.8 Å². The molecule has 4 nitrogen and oxygen atoms in total. The molecular formula is C14H16N4. The van der Waals surface area contributed by atoms with Crippen LogP contribution in [0.2, 0.25) is 0 Å². The van der Waals surface area contributed by atoms with Crippen LogP contribution in [0.4, 0.5) is 0 Å². The fourth-order valence-electron chi connectivity index (χ4n) is 1.93. The molecule has 0 saturated heterocycles. The minimum absolute atomic E-state index is 0.595. The van der Waals surface area contributed by atoms with Crippen molar-refractivity contribution in [2.45, 2.75) is 33.6 Å². The Balaban J connectivity index is 2.65. The highest BCUT2D eigenvalue weighted by Gasteiger charge is 2.13. The van der Waals surface area contributed by atoms with E-state index in [1.165, 1.54) is 0 Å². The van der Waals surface area contributed by atoms with E-state index in [0.717, 1.165) is 29.8 Å². The summed E-state index contributed by atoms with van der Waals surface area (Å²) in [5.41, 5.74) is 3.64. The summed E-state index contributed by atoms with van der Waals surface area (Å²) < 4.78 is 1.80. The largest absolute Gasteiger partial charge is 0.236 e. The lowest BCUT2D eigenvalue weighted by Gasteiger charge is -2.08. The van der Waals surface area contributed by atoms with Crippen LogP contribution in [-0.2, 0) is 12.8 Å². The number of aromatic nitrogens is 3. The lowest BCUT2D eigenvalue weighted by Crippen LogP contribution is -2.07. The van der Waals surface area contributed by atoms with Gasteiger partial charge in [0.1, 0.15) is 6.07 Å². The van der Waals surface area contributed by atoms with Crippen molar-refractivity contribution in [3.8, 4) is 11.9 Å². The Morgan fingerprint density at radius 3 is 2.72 bits per heavy atom. The van der Waals surface area contributed by atoms with Crippen LogP contribution in [0.25, 0.3) is 5.82 Å². The van der Waals surface area contributed by atoms with Crippen molar-refractivity contribution in [2.24, 2.45) is 0 Å². The Morgan fingerprint density at radius 2 is 2.11 bits per heavy atom. The van der Waals surface area contributed by atoms with Gasteiger partial charge in [0, 0.05) is 11.9 Å². The third-order valence-electron chi connectivity index (χ3n) is 3.01. The molecule has 18 heavy (non-hydrogen) atoms. The summed E-state index contributed by atoms with van der Waals surface area (Å²) in [6.07, 6.45) is 3.47. The molecule has 92 valence electrons. The second kappa shape index (κ2) is 5.01. The van der Waals surface area contributed by atoms with Gasteiger partial charge in [-0.25, -0.2) is 9.67 Å². The molecule has 0 aliphatic rings. The van der Waals surface area contributed by atoms with E-state index in [1.54, 1.807) is 10.9 Å². The molecule has 0 aromatic carbocycles. The van der Waals surface area contributed by atoms with Gasteiger partial charge in [0.05, 0.1) is 11.3 Å². The van der Waals surface area contributed by atoms with Gasteiger partial charge in [-0.1, -0.05) is 13.8 Å². The molecule has 0 aliphatic carbocycles. The summed E-state index contributed by atoms with van der Waals surface area (Å²) in [7, 11) is 0. The molecule has 0 atom stereocenters. The van der Waals surface area contributed by atoms with E-state index in [-0.39, 0.29) is 0 Å². The van der Waals surface area contributed by atoms with Gasteiger partial charge in [-0.15, -0.1) is 0 Å².